The molecule has 2 unspecified atom stereocenters. The molecule has 110 valence electrons. The van der Waals surface area contributed by atoms with E-state index in [-0.39, 0.29) is 35.9 Å². The number of carboxylic acids is 1. The fourth-order valence-corrected chi connectivity index (χ4v) is 4.58. The summed E-state index contributed by atoms with van der Waals surface area (Å²) in [5.41, 5.74) is -0.220. The van der Waals surface area contributed by atoms with Crippen molar-refractivity contribution in [2.45, 2.75) is 36.9 Å². The second-order valence-corrected chi connectivity index (χ2v) is 6.99. The Kier molecular flexibility index (Phi) is 3.07. The average molecular weight is 301 g/mol. The maximum Gasteiger partial charge on any atom is 0.357 e. The third kappa shape index (κ3) is 2.02. The largest absolute Gasteiger partial charge is 0.476 e. The molecule has 2 saturated heterocycles. The van der Waals surface area contributed by atoms with Gasteiger partial charge in [0.05, 0.1) is 17.9 Å². The van der Waals surface area contributed by atoms with E-state index in [0.717, 1.165) is 12.8 Å². The van der Waals surface area contributed by atoms with Crippen molar-refractivity contribution in [3.05, 3.63) is 11.4 Å². The van der Waals surface area contributed by atoms with E-state index in [9.17, 15) is 13.2 Å². The van der Waals surface area contributed by atoms with Crippen LogP contribution in [0.3, 0.4) is 0 Å². The first kappa shape index (κ1) is 13.5. The Morgan fingerprint density at radius 1 is 1.40 bits per heavy atom. The van der Waals surface area contributed by atoms with Crippen LogP contribution in [0.1, 0.15) is 29.0 Å². The Balaban J connectivity index is 2.00. The van der Waals surface area contributed by atoms with E-state index in [4.69, 9.17) is 9.84 Å². The lowest BCUT2D eigenvalue weighted by molar-refractivity contribution is -0.0114. The van der Waals surface area contributed by atoms with Crippen LogP contribution in [0, 0.1) is 6.92 Å². The molecule has 2 atom stereocenters. The molecule has 3 rings (SSSR count). The summed E-state index contributed by atoms with van der Waals surface area (Å²) >= 11 is 0. The number of aromatic amines is 1. The van der Waals surface area contributed by atoms with E-state index in [1.807, 2.05) is 0 Å². The van der Waals surface area contributed by atoms with Gasteiger partial charge in [0.15, 0.2) is 5.69 Å². The number of carbonyl (C=O) groups is 1. The summed E-state index contributed by atoms with van der Waals surface area (Å²) in [5, 5.41) is 15.1. The van der Waals surface area contributed by atoms with Gasteiger partial charge >= 0.3 is 5.97 Å². The molecule has 0 radical (unpaired) electrons. The van der Waals surface area contributed by atoms with Gasteiger partial charge in [-0.3, -0.25) is 5.10 Å². The molecule has 1 aromatic rings. The second kappa shape index (κ2) is 4.54. The number of nitrogens with one attached hydrogen (secondary N) is 1. The summed E-state index contributed by atoms with van der Waals surface area (Å²) in [5.74, 6) is -1.36. The van der Waals surface area contributed by atoms with Gasteiger partial charge in [0.25, 0.3) is 0 Å². The lowest BCUT2D eigenvalue weighted by atomic mass is 10.2. The molecule has 9 heteroatoms. The van der Waals surface area contributed by atoms with Crippen molar-refractivity contribution in [3.8, 4) is 0 Å². The molecule has 0 aromatic carbocycles. The minimum Gasteiger partial charge on any atom is -0.476 e. The Morgan fingerprint density at radius 2 is 2.00 bits per heavy atom. The van der Waals surface area contributed by atoms with Crippen LogP contribution in [-0.4, -0.2) is 59.3 Å². The first-order chi connectivity index (χ1) is 9.39. The number of H-pyrrole nitrogens is 1. The minimum atomic E-state index is -3.87. The van der Waals surface area contributed by atoms with E-state index in [1.165, 1.54) is 11.2 Å². The molecule has 2 aliphatic heterocycles. The van der Waals surface area contributed by atoms with Gasteiger partial charge in [-0.1, -0.05) is 0 Å². The van der Waals surface area contributed by atoms with Crippen LogP contribution >= 0.6 is 0 Å². The van der Waals surface area contributed by atoms with Gasteiger partial charge in [0, 0.05) is 13.1 Å². The molecule has 20 heavy (non-hydrogen) atoms. The number of aryl methyl sites for hydroxylation is 1. The lowest BCUT2D eigenvalue weighted by Gasteiger charge is -2.31. The standard InChI is InChI=1S/C11H15N3O5S/c1-6-10(9(11(15)16)13-12-6)20(17,18)14-4-7-2-3-8(5-14)19-7/h7-8H,2-5H2,1H3,(H,12,13)(H,15,16). The van der Waals surface area contributed by atoms with Gasteiger partial charge in [0.1, 0.15) is 4.90 Å². The van der Waals surface area contributed by atoms with Gasteiger partial charge in [-0.2, -0.15) is 9.40 Å². The topological polar surface area (TPSA) is 113 Å². The average Bonchev–Trinajstić information content (AvgIpc) is 2.92. The fraction of sp³-hybridized carbons (Fsp3) is 0.636. The number of nitrogens with zero attached hydrogens (tertiary/aromatic N) is 2. The van der Waals surface area contributed by atoms with Crippen LogP contribution < -0.4 is 0 Å². The molecule has 2 fully saturated rings. The van der Waals surface area contributed by atoms with E-state index in [0.29, 0.717) is 0 Å². The quantitative estimate of drug-likeness (QED) is 0.810. The minimum absolute atomic E-state index is 0.0935. The number of rotatable bonds is 3. The summed E-state index contributed by atoms with van der Waals surface area (Å²) in [6.45, 7) is 2.03. The van der Waals surface area contributed by atoms with Crippen molar-refractivity contribution in [3.63, 3.8) is 0 Å². The highest BCUT2D eigenvalue weighted by Gasteiger charge is 2.41. The molecule has 2 aliphatic rings. The zero-order chi connectivity index (χ0) is 14.5. The molecule has 3 heterocycles. The summed E-state index contributed by atoms with van der Waals surface area (Å²) in [4.78, 5) is 10.9. The third-order valence-corrected chi connectivity index (χ3v) is 5.70. The number of aromatic carboxylic acids is 1. The number of hydrogen-bond donors (Lipinski definition) is 2. The van der Waals surface area contributed by atoms with Crippen LogP contribution in [-0.2, 0) is 14.8 Å². The van der Waals surface area contributed by atoms with Crippen LogP contribution in [0.2, 0.25) is 0 Å². The van der Waals surface area contributed by atoms with Gasteiger partial charge in [-0.15, -0.1) is 0 Å². The normalized spacial score (nSPS) is 26.9. The van der Waals surface area contributed by atoms with Crippen molar-refractivity contribution in [1.82, 2.24) is 14.5 Å². The predicted molar refractivity (Wildman–Crippen MR) is 66.9 cm³/mol. The lowest BCUT2D eigenvalue weighted by Crippen LogP contribution is -2.46. The number of sulfonamides is 1. The first-order valence-corrected chi connectivity index (χ1v) is 7.77. The SMILES string of the molecule is Cc1[nH]nc(C(=O)O)c1S(=O)(=O)N1CC2CCC(C1)O2. The van der Waals surface area contributed by atoms with E-state index in [2.05, 4.69) is 10.2 Å². The number of ether oxygens (including phenoxy) is 1. The molecular formula is C11H15N3O5S. The molecule has 0 aliphatic carbocycles. The van der Waals surface area contributed by atoms with Crippen molar-refractivity contribution >= 4 is 16.0 Å². The van der Waals surface area contributed by atoms with Crippen LogP contribution in [0.15, 0.2) is 4.90 Å². The van der Waals surface area contributed by atoms with Gasteiger partial charge in [-0.05, 0) is 19.8 Å². The fourth-order valence-electron chi connectivity index (χ4n) is 2.78. The number of morpholine rings is 1. The number of carboxylic acid groups (broad SMARTS) is 1. The van der Waals surface area contributed by atoms with Gasteiger partial charge < -0.3 is 9.84 Å². The Labute approximate surface area is 115 Å². The van der Waals surface area contributed by atoms with Crippen molar-refractivity contribution in [1.29, 1.82) is 0 Å². The van der Waals surface area contributed by atoms with Gasteiger partial charge in [0.2, 0.25) is 10.0 Å². The molecule has 1 aromatic heterocycles. The van der Waals surface area contributed by atoms with E-state index >= 15 is 0 Å². The predicted octanol–water partition coefficient (Wildman–Crippen LogP) is -0.0318. The summed E-state index contributed by atoms with van der Waals surface area (Å²) in [6.07, 6.45) is 1.49. The highest BCUT2D eigenvalue weighted by molar-refractivity contribution is 7.89. The van der Waals surface area contributed by atoms with Crippen LogP contribution in [0.4, 0.5) is 0 Å². The summed E-state index contributed by atoms with van der Waals surface area (Å²) in [7, 11) is -3.87. The van der Waals surface area contributed by atoms with E-state index < -0.39 is 21.7 Å². The Hall–Kier alpha value is -1.45. The maximum atomic E-state index is 12.7. The monoisotopic (exact) mass is 301 g/mol. The van der Waals surface area contributed by atoms with Crippen molar-refractivity contribution in [2.75, 3.05) is 13.1 Å². The third-order valence-electron chi connectivity index (χ3n) is 3.70. The van der Waals surface area contributed by atoms with Crippen LogP contribution in [0.25, 0.3) is 0 Å². The number of fused-ring (bicyclic) bond motifs is 2. The molecule has 2 N–H and O–H groups in total. The Bertz CT molecular complexity index is 641. The molecule has 0 spiro atoms. The van der Waals surface area contributed by atoms with Crippen molar-refractivity contribution < 1.29 is 23.1 Å². The van der Waals surface area contributed by atoms with Crippen LogP contribution in [0.5, 0.6) is 0 Å². The summed E-state index contributed by atoms with van der Waals surface area (Å²) in [6, 6.07) is 0. The first-order valence-electron chi connectivity index (χ1n) is 6.33. The zero-order valence-corrected chi connectivity index (χ0v) is 11.7. The smallest absolute Gasteiger partial charge is 0.357 e. The molecular weight excluding hydrogens is 286 g/mol. The highest BCUT2D eigenvalue weighted by Crippen LogP contribution is 2.31. The molecule has 8 nitrogen and oxygen atoms in total. The molecule has 0 saturated carbocycles. The van der Waals surface area contributed by atoms with Crippen molar-refractivity contribution in [2.24, 2.45) is 0 Å². The maximum absolute atomic E-state index is 12.7. The molecule has 0 amide bonds. The Morgan fingerprint density at radius 3 is 2.55 bits per heavy atom. The number of aromatic nitrogens is 2. The van der Waals surface area contributed by atoms with Gasteiger partial charge in [-0.25, -0.2) is 13.2 Å². The zero-order valence-electron chi connectivity index (χ0n) is 10.9. The number of hydrogen-bond acceptors (Lipinski definition) is 5. The second-order valence-electron chi connectivity index (χ2n) is 5.11. The summed E-state index contributed by atoms with van der Waals surface area (Å²) < 4.78 is 32.2. The highest BCUT2D eigenvalue weighted by atomic mass is 32.2. The van der Waals surface area contributed by atoms with E-state index in [1.54, 1.807) is 0 Å². The molecule has 2 bridgehead atoms.